The normalized spacial score (nSPS) is 11.6. The van der Waals surface area contributed by atoms with Crippen LogP contribution in [0.25, 0.3) is 5.82 Å². The Morgan fingerprint density at radius 2 is 2.09 bits per heavy atom. The monoisotopic (exact) mass is 331 g/mol. The lowest BCUT2D eigenvalue weighted by atomic mass is 10.0. The minimum atomic E-state index is -1.50. The Morgan fingerprint density at radius 1 is 1.39 bits per heavy atom. The molecule has 2 rings (SSSR count). The van der Waals surface area contributed by atoms with E-state index in [4.69, 9.17) is 16.9 Å². The van der Waals surface area contributed by atoms with Gasteiger partial charge in [-0.1, -0.05) is 11.6 Å². The maximum Gasteiger partial charge on any atom is 0.245 e. The summed E-state index contributed by atoms with van der Waals surface area (Å²) >= 11 is 6.02. The number of nitrogens with zero attached hydrogens (tertiary/aromatic N) is 4. The van der Waals surface area contributed by atoms with Crippen LogP contribution >= 0.6 is 11.6 Å². The minimum Gasteiger partial charge on any atom is -0.358 e. The van der Waals surface area contributed by atoms with E-state index >= 15 is 0 Å². The van der Waals surface area contributed by atoms with Crippen molar-refractivity contribution in [3.05, 3.63) is 40.3 Å². The van der Waals surface area contributed by atoms with Crippen molar-refractivity contribution < 1.29 is 9.59 Å². The van der Waals surface area contributed by atoms with E-state index in [-0.39, 0.29) is 10.7 Å². The minimum absolute atomic E-state index is 0.0736. The molecule has 118 valence electrons. The Hall–Kier alpha value is -2.72. The number of carbonyl (C=O) groups excluding carboxylic acids is 2. The molecule has 8 heteroatoms. The van der Waals surface area contributed by atoms with Gasteiger partial charge in [-0.25, -0.2) is 9.67 Å². The molecule has 2 heterocycles. The molecule has 1 amide bonds. The molecule has 7 nitrogen and oxygen atoms in total. The topological polar surface area (TPSA) is 101 Å². The first-order valence-corrected chi connectivity index (χ1v) is 7.12. The standard InChI is InChI=1S/C15H14ClN5O2/c1-8-6-9(2)21(20-8)12-5-4-11(16)13(19-12)14(22)10(7-17)15(23)18-3/h4-6,10H,1-3H3,(H,18,23)/t10-/m1/s1. The summed E-state index contributed by atoms with van der Waals surface area (Å²) in [7, 11) is 1.35. The van der Waals surface area contributed by atoms with Crippen molar-refractivity contribution in [1.29, 1.82) is 5.26 Å². The average molecular weight is 332 g/mol. The second-order valence-corrected chi connectivity index (χ2v) is 5.29. The molecule has 0 bridgehead atoms. The number of aryl methyl sites for hydroxylation is 2. The summed E-state index contributed by atoms with van der Waals surface area (Å²) in [6.07, 6.45) is 0. The molecule has 0 aliphatic carbocycles. The second-order valence-electron chi connectivity index (χ2n) is 4.88. The van der Waals surface area contributed by atoms with Gasteiger partial charge < -0.3 is 5.32 Å². The van der Waals surface area contributed by atoms with Gasteiger partial charge in [0.25, 0.3) is 0 Å². The van der Waals surface area contributed by atoms with Crippen molar-refractivity contribution in [2.75, 3.05) is 7.05 Å². The van der Waals surface area contributed by atoms with E-state index in [0.717, 1.165) is 11.4 Å². The third kappa shape index (κ3) is 3.22. The van der Waals surface area contributed by atoms with Crippen molar-refractivity contribution in [1.82, 2.24) is 20.1 Å². The first-order valence-electron chi connectivity index (χ1n) is 6.74. The van der Waals surface area contributed by atoms with E-state index in [1.807, 2.05) is 19.9 Å². The average Bonchev–Trinajstić information content (AvgIpc) is 2.86. The van der Waals surface area contributed by atoms with E-state index in [0.29, 0.717) is 5.82 Å². The number of nitrogens with one attached hydrogen (secondary N) is 1. The SMILES string of the molecule is CNC(=O)[C@H](C#N)C(=O)c1nc(-n2nc(C)cc2C)ccc1Cl. The molecule has 1 N–H and O–H groups in total. The van der Waals surface area contributed by atoms with E-state index < -0.39 is 17.6 Å². The van der Waals surface area contributed by atoms with E-state index in [1.54, 1.807) is 16.8 Å². The van der Waals surface area contributed by atoms with Crippen LogP contribution in [0.3, 0.4) is 0 Å². The van der Waals surface area contributed by atoms with Crippen LogP contribution in [0.4, 0.5) is 0 Å². The van der Waals surface area contributed by atoms with E-state index in [9.17, 15) is 9.59 Å². The molecule has 0 saturated carbocycles. The van der Waals surface area contributed by atoms with Gasteiger partial charge in [0.1, 0.15) is 5.69 Å². The predicted molar refractivity (Wildman–Crippen MR) is 83.3 cm³/mol. The van der Waals surface area contributed by atoms with Crippen molar-refractivity contribution in [3.8, 4) is 11.9 Å². The predicted octanol–water partition coefficient (Wildman–Crippen LogP) is 1.61. The van der Waals surface area contributed by atoms with Gasteiger partial charge in [-0.15, -0.1) is 0 Å². The third-order valence-corrected chi connectivity index (χ3v) is 3.50. The highest BCUT2D eigenvalue weighted by Crippen LogP contribution is 2.20. The first kappa shape index (κ1) is 16.6. The molecule has 2 aromatic heterocycles. The van der Waals surface area contributed by atoms with Crippen LogP contribution in [0.1, 0.15) is 21.9 Å². The maximum absolute atomic E-state index is 12.4. The number of hydrogen-bond donors (Lipinski definition) is 1. The zero-order valence-corrected chi connectivity index (χ0v) is 13.5. The summed E-state index contributed by atoms with van der Waals surface area (Å²) in [5.41, 5.74) is 1.50. The number of aromatic nitrogens is 3. The quantitative estimate of drug-likeness (QED) is 0.677. The zero-order chi connectivity index (χ0) is 17.1. The van der Waals surface area contributed by atoms with E-state index in [2.05, 4.69) is 15.4 Å². The summed E-state index contributed by atoms with van der Waals surface area (Å²) < 4.78 is 1.56. The Balaban J connectivity index is 2.50. The van der Waals surface area contributed by atoms with Crippen molar-refractivity contribution in [2.45, 2.75) is 13.8 Å². The second kappa shape index (κ2) is 6.58. The molecule has 0 unspecified atom stereocenters. The van der Waals surface area contributed by atoms with Crippen LogP contribution < -0.4 is 5.32 Å². The highest BCUT2D eigenvalue weighted by Gasteiger charge is 2.29. The molecule has 0 spiro atoms. The number of halogens is 1. The van der Waals surface area contributed by atoms with Gasteiger partial charge in [0.05, 0.1) is 16.8 Å². The van der Waals surface area contributed by atoms with Crippen molar-refractivity contribution in [2.24, 2.45) is 5.92 Å². The summed E-state index contributed by atoms with van der Waals surface area (Å²) in [6.45, 7) is 3.68. The number of hydrogen-bond acceptors (Lipinski definition) is 5. The molecule has 0 fully saturated rings. The summed E-state index contributed by atoms with van der Waals surface area (Å²) in [5.74, 6) is -2.57. The molecule has 0 saturated heterocycles. The highest BCUT2D eigenvalue weighted by molar-refractivity contribution is 6.34. The van der Waals surface area contributed by atoms with Gasteiger partial charge in [0, 0.05) is 12.7 Å². The zero-order valence-electron chi connectivity index (χ0n) is 12.8. The number of pyridine rings is 1. The molecule has 0 aromatic carbocycles. The molecular formula is C15H14ClN5O2. The van der Waals surface area contributed by atoms with E-state index in [1.165, 1.54) is 13.1 Å². The smallest absolute Gasteiger partial charge is 0.245 e. The van der Waals surface area contributed by atoms with Crippen LogP contribution in [0.2, 0.25) is 5.02 Å². The molecule has 0 radical (unpaired) electrons. The maximum atomic E-state index is 12.4. The van der Waals surface area contributed by atoms with Crippen molar-refractivity contribution in [3.63, 3.8) is 0 Å². The number of amides is 1. The van der Waals surface area contributed by atoms with Crippen LogP contribution in [-0.2, 0) is 4.79 Å². The summed E-state index contributed by atoms with van der Waals surface area (Å²) in [6, 6.07) is 6.63. The lowest BCUT2D eigenvalue weighted by molar-refractivity contribution is -0.121. The van der Waals surface area contributed by atoms with Crippen LogP contribution in [0.5, 0.6) is 0 Å². The van der Waals surface area contributed by atoms with Gasteiger partial charge in [0.15, 0.2) is 11.7 Å². The number of Topliss-reactive ketones (excluding diaryl/α,β-unsaturated/α-hetero) is 1. The fourth-order valence-electron chi connectivity index (χ4n) is 2.10. The van der Waals surface area contributed by atoms with Gasteiger partial charge >= 0.3 is 0 Å². The van der Waals surface area contributed by atoms with Crippen LogP contribution in [0.15, 0.2) is 18.2 Å². The van der Waals surface area contributed by atoms with Gasteiger partial charge in [0.2, 0.25) is 11.7 Å². The number of rotatable bonds is 4. The summed E-state index contributed by atoms with van der Waals surface area (Å²) in [4.78, 5) is 28.2. The fraction of sp³-hybridized carbons (Fsp3) is 0.267. The number of carbonyl (C=O) groups is 2. The number of nitriles is 1. The molecule has 2 aromatic rings. The lowest BCUT2D eigenvalue weighted by Gasteiger charge is -2.10. The Bertz CT molecular complexity index is 822. The van der Waals surface area contributed by atoms with Crippen molar-refractivity contribution >= 4 is 23.3 Å². The molecule has 1 atom stereocenters. The molecule has 0 aliphatic heterocycles. The highest BCUT2D eigenvalue weighted by atomic mass is 35.5. The largest absolute Gasteiger partial charge is 0.358 e. The van der Waals surface area contributed by atoms with Crippen LogP contribution in [0, 0.1) is 31.1 Å². The van der Waals surface area contributed by atoms with Gasteiger partial charge in [-0.05, 0) is 32.0 Å². The Labute approximate surface area is 137 Å². The Morgan fingerprint density at radius 3 is 2.61 bits per heavy atom. The van der Waals surface area contributed by atoms with Gasteiger partial charge in [-0.2, -0.15) is 10.4 Å². The fourth-order valence-corrected chi connectivity index (χ4v) is 2.30. The molecule has 23 heavy (non-hydrogen) atoms. The molecule has 0 aliphatic rings. The van der Waals surface area contributed by atoms with Crippen LogP contribution in [-0.4, -0.2) is 33.5 Å². The first-order chi connectivity index (χ1) is 10.9. The molecular weight excluding hydrogens is 318 g/mol. The summed E-state index contributed by atoms with van der Waals surface area (Å²) in [5, 5.41) is 15.7. The number of ketones is 1. The Kier molecular flexibility index (Phi) is 4.77. The third-order valence-electron chi connectivity index (χ3n) is 3.19. The van der Waals surface area contributed by atoms with Gasteiger partial charge in [-0.3, -0.25) is 9.59 Å². The lowest BCUT2D eigenvalue weighted by Crippen LogP contribution is -2.32.